The van der Waals surface area contributed by atoms with Crippen LogP contribution in [-0.4, -0.2) is 10.2 Å². The van der Waals surface area contributed by atoms with Crippen LogP contribution in [0.5, 0.6) is 0 Å². The van der Waals surface area contributed by atoms with Gasteiger partial charge in [0.05, 0.1) is 17.1 Å². The van der Waals surface area contributed by atoms with Crippen LogP contribution in [-0.2, 0) is 13.0 Å². The normalized spacial score (nSPS) is 10.7. The molecule has 2 N–H and O–H groups in total. The number of thiophene rings is 1. The number of anilines is 1. The minimum Gasteiger partial charge on any atom is -0.377 e. The van der Waals surface area contributed by atoms with E-state index >= 15 is 0 Å². The van der Waals surface area contributed by atoms with E-state index in [1.54, 1.807) is 0 Å². The van der Waals surface area contributed by atoms with Crippen molar-refractivity contribution in [3.8, 4) is 0 Å². The van der Waals surface area contributed by atoms with E-state index in [-0.39, 0.29) is 0 Å². The summed E-state index contributed by atoms with van der Waals surface area (Å²) in [5.74, 6) is 0. The van der Waals surface area contributed by atoms with E-state index in [1.807, 2.05) is 25.2 Å². The molecule has 16 heavy (non-hydrogen) atoms. The molecule has 0 saturated heterocycles. The molecule has 86 valence electrons. The molecule has 3 nitrogen and oxygen atoms in total. The number of aromatic nitrogens is 2. The van der Waals surface area contributed by atoms with Crippen LogP contribution in [0.15, 0.2) is 12.1 Å². The Morgan fingerprint density at radius 3 is 2.62 bits per heavy atom. The molecule has 0 fully saturated rings. The molecule has 0 bridgehead atoms. The van der Waals surface area contributed by atoms with Crippen LogP contribution < -0.4 is 5.32 Å². The molecular weight excluding hydrogens is 218 g/mol. The summed E-state index contributed by atoms with van der Waals surface area (Å²) >= 11 is 1.87. The molecule has 4 heteroatoms. The third kappa shape index (κ3) is 2.27. The van der Waals surface area contributed by atoms with Gasteiger partial charge < -0.3 is 5.32 Å². The molecule has 0 aliphatic carbocycles. The van der Waals surface area contributed by atoms with Gasteiger partial charge in [-0.1, -0.05) is 6.92 Å². The van der Waals surface area contributed by atoms with Crippen molar-refractivity contribution in [3.05, 3.63) is 33.3 Å². The Hall–Kier alpha value is -1.29. The average molecular weight is 235 g/mol. The fourth-order valence-corrected chi connectivity index (χ4v) is 2.59. The monoisotopic (exact) mass is 235 g/mol. The molecule has 0 saturated carbocycles. The number of nitrogens with zero attached hydrogens (tertiary/aromatic N) is 1. The second-order valence-corrected chi connectivity index (χ2v) is 5.14. The van der Waals surface area contributed by atoms with Crippen LogP contribution in [0.4, 0.5) is 5.69 Å². The molecule has 0 atom stereocenters. The van der Waals surface area contributed by atoms with Crippen LogP contribution in [0.2, 0.25) is 0 Å². The SMILES string of the molecule is CCc1ccc(CNc2c(C)n[nH]c2C)s1. The van der Waals surface area contributed by atoms with E-state index in [2.05, 4.69) is 34.6 Å². The van der Waals surface area contributed by atoms with Crippen molar-refractivity contribution in [1.82, 2.24) is 10.2 Å². The molecule has 0 spiro atoms. The highest BCUT2D eigenvalue weighted by Crippen LogP contribution is 2.21. The van der Waals surface area contributed by atoms with Crippen molar-refractivity contribution < 1.29 is 0 Å². The fraction of sp³-hybridized carbons (Fsp3) is 0.417. The van der Waals surface area contributed by atoms with Gasteiger partial charge in [-0.05, 0) is 32.4 Å². The molecule has 2 heterocycles. The molecule has 2 aromatic rings. The summed E-state index contributed by atoms with van der Waals surface area (Å²) in [6, 6.07) is 4.40. The number of hydrogen-bond donors (Lipinski definition) is 2. The van der Waals surface area contributed by atoms with Crippen molar-refractivity contribution in [2.75, 3.05) is 5.32 Å². The zero-order chi connectivity index (χ0) is 11.5. The fourth-order valence-electron chi connectivity index (χ4n) is 1.69. The Kier molecular flexibility index (Phi) is 3.29. The summed E-state index contributed by atoms with van der Waals surface area (Å²) in [4.78, 5) is 2.81. The molecule has 0 amide bonds. The summed E-state index contributed by atoms with van der Waals surface area (Å²) < 4.78 is 0. The first-order valence-corrected chi connectivity index (χ1v) is 6.35. The highest BCUT2D eigenvalue weighted by atomic mass is 32.1. The lowest BCUT2D eigenvalue weighted by Gasteiger charge is -2.04. The second kappa shape index (κ2) is 4.70. The summed E-state index contributed by atoms with van der Waals surface area (Å²) in [5.41, 5.74) is 3.26. The van der Waals surface area contributed by atoms with Gasteiger partial charge in [-0.15, -0.1) is 11.3 Å². The molecule has 0 radical (unpaired) electrons. The van der Waals surface area contributed by atoms with Gasteiger partial charge in [0.25, 0.3) is 0 Å². The number of H-pyrrole nitrogens is 1. The van der Waals surface area contributed by atoms with Crippen molar-refractivity contribution in [2.24, 2.45) is 0 Å². The summed E-state index contributed by atoms with van der Waals surface area (Å²) in [6.45, 7) is 7.12. The van der Waals surface area contributed by atoms with E-state index in [0.29, 0.717) is 0 Å². The topological polar surface area (TPSA) is 40.7 Å². The molecule has 2 rings (SSSR count). The Bertz CT molecular complexity index is 451. The predicted octanol–water partition coefficient (Wildman–Crippen LogP) is 3.26. The van der Waals surface area contributed by atoms with Crippen LogP contribution in [0.3, 0.4) is 0 Å². The highest BCUT2D eigenvalue weighted by molar-refractivity contribution is 7.12. The average Bonchev–Trinajstić information content (AvgIpc) is 2.85. The number of rotatable bonds is 4. The van der Waals surface area contributed by atoms with Gasteiger partial charge in [-0.2, -0.15) is 5.10 Å². The number of nitrogens with one attached hydrogen (secondary N) is 2. The van der Waals surface area contributed by atoms with Gasteiger partial charge in [0, 0.05) is 16.3 Å². The Labute approximate surface area is 99.9 Å². The first-order valence-electron chi connectivity index (χ1n) is 5.53. The van der Waals surface area contributed by atoms with Crippen molar-refractivity contribution in [2.45, 2.75) is 33.7 Å². The molecule has 2 aromatic heterocycles. The third-order valence-electron chi connectivity index (χ3n) is 2.63. The summed E-state index contributed by atoms with van der Waals surface area (Å²) in [6.07, 6.45) is 1.12. The third-order valence-corrected chi connectivity index (χ3v) is 3.86. The Balaban J connectivity index is 2.02. The van der Waals surface area contributed by atoms with Crippen LogP contribution >= 0.6 is 11.3 Å². The lowest BCUT2D eigenvalue weighted by atomic mass is 10.3. The van der Waals surface area contributed by atoms with Gasteiger partial charge in [0.1, 0.15) is 0 Å². The standard InChI is InChI=1S/C12H17N3S/c1-4-10-5-6-11(16-10)7-13-12-8(2)14-15-9(12)3/h5-6,13H,4,7H2,1-3H3,(H,14,15). The number of aryl methyl sites for hydroxylation is 3. The number of hydrogen-bond acceptors (Lipinski definition) is 3. The van der Waals surface area contributed by atoms with Crippen LogP contribution in [0, 0.1) is 13.8 Å². The highest BCUT2D eigenvalue weighted by Gasteiger charge is 2.06. The van der Waals surface area contributed by atoms with E-state index in [1.165, 1.54) is 9.75 Å². The maximum atomic E-state index is 4.17. The van der Waals surface area contributed by atoms with Crippen molar-refractivity contribution in [1.29, 1.82) is 0 Å². The molecule has 0 aliphatic rings. The van der Waals surface area contributed by atoms with Crippen LogP contribution in [0.25, 0.3) is 0 Å². The smallest absolute Gasteiger partial charge is 0.0825 e. The van der Waals surface area contributed by atoms with Gasteiger partial charge in [-0.3, -0.25) is 5.10 Å². The molecule has 0 aromatic carbocycles. The minimum absolute atomic E-state index is 0.881. The van der Waals surface area contributed by atoms with Gasteiger partial charge in [-0.25, -0.2) is 0 Å². The quantitative estimate of drug-likeness (QED) is 0.854. The van der Waals surface area contributed by atoms with Crippen LogP contribution in [0.1, 0.15) is 28.1 Å². The number of aromatic amines is 1. The maximum absolute atomic E-state index is 4.17. The largest absolute Gasteiger partial charge is 0.377 e. The van der Waals surface area contributed by atoms with Gasteiger partial charge in [0.15, 0.2) is 0 Å². The zero-order valence-corrected chi connectivity index (χ0v) is 10.7. The van der Waals surface area contributed by atoms with Crippen molar-refractivity contribution >= 4 is 17.0 Å². The second-order valence-electron chi connectivity index (χ2n) is 3.88. The first kappa shape index (κ1) is 11.2. The zero-order valence-electron chi connectivity index (χ0n) is 9.92. The summed E-state index contributed by atoms with van der Waals surface area (Å²) in [5, 5.41) is 10.6. The predicted molar refractivity (Wildman–Crippen MR) is 69.1 cm³/mol. The van der Waals surface area contributed by atoms with Gasteiger partial charge >= 0.3 is 0 Å². The lowest BCUT2D eigenvalue weighted by molar-refractivity contribution is 1.02. The molecule has 0 aliphatic heterocycles. The van der Waals surface area contributed by atoms with E-state index in [9.17, 15) is 0 Å². The van der Waals surface area contributed by atoms with Gasteiger partial charge in [0.2, 0.25) is 0 Å². The Morgan fingerprint density at radius 1 is 1.31 bits per heavy atom. The van der Waals surface area contributed by atoms with E-state index in [0.717, 1.165) is 30.0 Å². The molecular formula is C12H17N3S. The van der Waals surface area contributed by atoms with Crippen molar-refractivity contribution in [3.63, 3.8) is 0 Å². The minimum atomic E-state index is 0.881. The maximum Gasteiger partial charge on any atom is 0.0825 e. The molecule has 0 unspecified atom stereocenters. The van der Waals surface area contributed by atoms with E-state index < -0.39 is 0 Å². The Morgan fingerprint density at radius 2 is 2.06 bits per heavy atom. The lowest BCUT2D eigenvalue weighted by Crippen LogP contribution is -1.99. The van der Waals surface area contributed by atoms with E-state index in [4.69, 9.17) is 0 Å². The first-order chi connectivity index (χ1) is 7.70. The summed E-state index contributed by atoms with van der Waals surface area (Å²) in [7, 11) is 0.